The van der Waals surface area contributed by atoms with E-state index in [9.17, 15) is 9.59 Å². The molecule has 2 aromatic rings. The highest BCUT2D eigenvalue weighted by Gasteiger charge is 2.39. The van der Waals surface area contributed by atoms with Crippen molar-refractivity contribution in [2.45, 2.75) is 33.6 Å². The number of pyridine rings is 1. The van der Waals surface area contributed by atoms with Gasteiger partial charge in [0.1, 0.15) is 16.7 Å². The van der Waals surface area contributed by atoms with E-state index in [0.717, 1.165) is 10.9 Å². The minimum atomic E-state index is -0.546. The summed E-state index contributed by atoms with van der Waals surface area (Å²) in [5.74, 6) is -0.542. The van der Waals surface area contributed by atoms with Gasteiger partial charge < -0.3 is 4.74 Å². The average Bonchev–Trinajstić information content (AvgIpc) is 2.59. The third-order valence-electron chi connectivity index (χ3n) is 4.98. The summed E-state index contributed by atoms with van der Waals surface area (Å²) in [4.78, 5) is 33.8. The number of allylic oxidation sites excluding steroid dienone is 2. The third-order valence-corrected chi connectivity index (χ3v) is 5.29. The number of ketones is 2. The molecule has 0 spiro atoms. The van der Waals surface area contributed by atoms with Gasteiger partial charge in [0.25, 0.3) is 0 Å². The number of ether oxygens (including phenoxy) is 1. The molecule has 27 heavy (non-hydrogen) atoms. The van der Waals surface area contributed by atoms with E-state index in [4.69, 9.17) is 16.3 Å². The minimum absolute atomic E-state index is 0.0608. The van der Waals surface area contributed by atoms with Gasteiger partial charge in [0.15, 0.2) is 5.78 Å². The Morgan fingerprint density at radius 3 is 2.44 bits per heavy atom. The van der Waals surface area contributed by atoms with Crippen molar-refractivity contribution in [3.63, 3.8) is 0 Å². The normalized spacial score (nSPS) is 19.9. The number of aliphatic imine (C=N–C) groups is 1. The largest absolute Gasteiger partial charge is 0.497 e. The Hall–Kier alpha value is -2.53. The van der Waals surface area contributed by atoms with Gasteiger partial charge in [-0.25, -0.2) is 4.98 Å². The maximum absolute atomic E-state index is 12.4. The summed E-state index contributed by atoms with van der Waals surface area (Å²) in [6, 6.07) is 7.39. The van der Waals surface area contributed by atoms with E-state index in [0.29, 0.717) is 28.3 Å². The smallest absolute Gasteiger partial charge is 0.158 e. The summed E-state index contributed by atoms with van der Waals surface area (Å²) in [6.07, 6.45) is 0. The Kier molecular flexibility index (Phi) is 5.16. The first kappa shape index (κ1) is 19.2. The fraction of sp³-hybridized carbons (Fsp3) is 0.333. The third kappa shape index (κ3) is 3.39. The monoisotopic (exact) mass is 384 g/mol. The van der Waals surface area contributed by atoms with Crippen molar-refractivity contribution in [1.82, 2.24) is 4.98 Å². The van der Waals surface area contributed by atoms with Gasteiger partial charge in [0.05, 0.1) is 18.5 Å². The molecule has 0 aliphatic carbocycles. The van der Waals surface area contributed by atoms with Crippen molar-refractivity contribution in [2.24, 2.45) is 10.9 Å². The molecule has 0 radical (unpaired) electrons. The van der Waals surface area contributed by atoms with Crippen molar-refractivity contribution in [3.05, 3.63) is 46.3 Å². The quantitative estimate of drug-likeness (QED) is 0.726. The maximum Gasteiger partial charge on any atom is 0.158 e. The first-order valence-corrected chi connectivity index (χ1v) is 9.04. The molecule has 0 saturated heterocycles. The molecule has 1 aliphatic rings. The number of carbonyl (C=O) groups is 2. The van der Waals surface area contributed by atoms with Gasteiger partial charge in [-0.15, -0.1) is 0 Å². The molecule has 0 N–H and O–H groups in total. The van der Waals surface area contributed by atoms with Crippen LogP contribution in [0, 0.1) is 5.92 Å². The molecule has 1 aliphatic heterocycles. The summed E-state index contributed by atoms with van der Waals surface area (Å²) in [5, 5.41) is 1.11. The van der Waals surface area contributed by atoms with Gasteiger partial charge in [-0.1, -0.05) is 11.6 Å². The van der Waals surface area contributed by atoms with Crippen LogP contribution >= 0.6 is 11.6 Å². The molecule has 0 amide bonds. The fourth-order valence-corrected chi connectivity index (χ4v) is 4.12. The Morgan fingerprint density at radius 1 is 1.15 bits per heavy atom. The molecule has 0 fully saturated rings. The molecular formula is C21H21ClN2O3. The van der Waals surface area contributed by atoms with Crippen molar-refractivity contribution < 1.29 is 14.3 Å². The van der Waals surface area contributed by atoms with Crippen LogP contribution < -0.4 is 4.74 Å². The molecule has 140 valence electrons. The van der Waals surface area contributed by atoms with E-state index >= 15 is 0 Å². The van der Waals surface area contributed by atoms with Crippen LogP contribution in [0.2, 0.25) is 5.15 Å². The second-order valence-corrected chi connectivity index (χ2v) is 7.16. The number of benzene rings is 1. The summed E-state index contributed by atoms with van der Waals surface area (Å²) >= 11 is 6.52. The van der Waals surface area contributed by atoms with Crippen molar-refractivity contribution in [1.29, 1.82) is 0 Å². The number of fused-ring (bicyclic) bond motifs is 1. The zero-order chi connectivity index (χ0) is 19.9. The standard InChI is InChI=1S/C21H21ClN2O3/c1-10-18(12(3)25)20(19(13(4)26)11(2)23-10)16-9-14-8-15(27-5)6-7-17(14)24-21(16)22/h6-9,18,20H,1-5H3/t18?,20-/m0/s1. The topological polar surface area (TPSA) is 68.6 Å². The Morgan fingerprint density at radius 2 is 1.85 bits per heavy atom. The molecular weight excluding hydrogens is 364 g/mol. The fourth-order valence-electron chi connectivity index (χ4n) is 3.86. The van der Waals surface area contributed by atoms with Crippen molar-refractivity contribution in [2.75, 3.05) is 7.11 Å². The molecule has 0 bridgehead atoms. The van der Waals surface area contributed by atoms with E-state index in [1.165, 1.54) is 13.8 Å². The first-order valence-electron chi connectivity index (χ1n) is 8.66. The van der Waals surface area contributed by atoms with Gasteiger partial charge in [-0.2, -0.15) is 0 Å². The lowest BCUT2D eigenvalue weighted by molar-refractivity contribution is -0.119. The van der Waals surface area contributed by atoms with Crippen LogP contribution in [0.15, 0.2) is 40.5 Å². The summed E-state index contributed by atoms with van der Waals surface area (Å²) in [6.45, 7) is 6.60. The van der Waals surface area contributed by atoms with Gasteiger partial charge >= 0.3 is 0 Å². The van der Waals surface area contributed by atoms with Crippen LogP contribution in [0.3, 0.4) is 0 Å². The molecule has 3 rings (SSSR count). The van der Waals surface area contributed by atoms with Gasteiger partial charge in [0.2, 0.25) is 0 Å². The summed E-state index contributed by atoms with van der Waals surface area (Å²) < 4.78 is 5.29. The number of hydrogen-bond donors (Lipinski definition) is 0. The van der Waals surface area contributed by atoms with E-state index in [2.05, 4.69) is 9.98 Å². The number of rotatable bonds is 4. The molecule has 6 heteroatoms. The van der Waals surface area contributed by atoms with Crippen LogP contribution in [-0.2, 0) is 9.59 Å². The lowest BCUT2D eigenvalue weighted by atomic mass is 9.73. The number of hydrogen-bond acceptors (Lipinski definition) is 5. The highest BCUT2D eigenvalue weighted by molar-refractivity contribution is 6.31. The van der Waals surface area contributed by atoms with Crippen LogP contribution in [0.4, 0.5) is 0 Å². The van der Waals surface area contributed by atoms with Gasteiger partial charge in [-0.3, -0.25) is 14.6 Å². The van der Waals surface area contributed by atoms with Crippen LogP contribution in [-0.4, -0.2) is 29.4 Å². The number of nitrogens with zero attached hydrogens (tertiary/aromatic N) is 2. The number of carbonyl (C=O) groups excluding carboxylic acids is 2. The molecule has 1 aromatic carbocycles. The van der Waals surface area contributed by atoms with Crippen LogP contribution in [0.5, 0.6) is 5.75 Å². The van der Waals surface area contributed by atoms with Crippen LogP contribution in [0.1, 0.15) is 39.2 Å². The molecule has 2 atom stereocenters. The molecule has 0 saturated carbocycles. The average molecular weight is 385 g/mol. The maximum atomic E-state index is 12.4. The summed E-state index contributed by atoms with van der Waals surface area (Å²) in [5.41, 5.74) is 3.17. The Labute approximate surface area is 163 Å². The van der Waals surface area contributed by atoms with Gasteiger partial charge in [-0.05, 0) is 57.5 Å². The highest BCUT2D eigenvalue weighted by atomic mass is 35.5. The first-order chi connectivity index (χ1) is 12.7. The molecule has 1 aromatic heterocycles. The number of aromatic nitrogens is 1. The number of methoxy groups -OCH3 is 1. The van der Waals surface area contributed by atoms with E-state index < -0.39 is 11.8 Å². The summed E-state index contributed by atoms with van der Waals surface area (Å²) in [7, 11) is 1.60. The predicted octanol–water partition coefficient (Wildman–Crippen LogP) is 4.52. The Bertz CT molecular complexity index is 1020. The zero-order valence-corrected chi connectivity index (χ0v) is 16.7. The minimum Gasteiger partial charge on any atom is -0.497 e. The lowest BCUT2D eigenvalue weighted by Gasteiger charge is -2.32. The predicted molar refractivity (Wildman–Crippen MR) is 107 cm³/mol. The van der Waals surface area contributed by atoms with Crippen molar-refractivity contribution in [3.8, 4) is 5.75 Å². The second kappa shape index (κ2) is 7.24. The number of halogens is 1. The SMILES string of the molecule is COc1ccc2nc(Cl)c([C@@H]3C(C(C)=O)=C(C)N=C(C)C3C(C)=O)cc2c1. The molecule has 1 unspecified atom stereocenters. The molecule has 5 nitrogen and oxygen atoms in total. The second-order valence-electron chi connectivity index (χ2n) is 6.80. The van der Waals surface area contributed by atoms with Gasteiger partial charge in [0, 0.05) is 28.3 Å². The van der Waals surface area contributed by atoms with E-state index in [-0.39, 0.29) is 16.7 Å². The lowest BCUT2D eigenvalue weighted by Crippen LogP contribution is -2.33. The Balaban J connectivity index is 2.30. The van der Waals surface area contributed by atoms with Crippen molar-refractivity contribution >= 4 is 39.8 Å². The molecule has 2 heterocycles. The van der Waals surface area contributed by atoms with Crippen LogP contribution in [0.25, 0.3) is 10.9 Å². The van der Waals surface area contributed by atoms with E-state index in [1.54, 1.807) is 14.0 Å². The highest BCUT2D eigenvalue weighted by Crippen LogP contribution is 2.42. The number of Topliss-reactive ketones (excluding diaryl/α,β-unsaturated/α-hetero) is 2. The van der Waals surface area contributed by atoms with E-state index in [1.807, 2.05) is 31.2 Å². The zero-order valence-electron chi connectivity index (χ0n) is 16.0.